The molecule has 1 unspecified atom stereocenters. The Kier molecular flexibility index (Phi) is 6.94. The zero-order valence-electron chi connectivity index (χ0n) is 15.0. The van der Waals surface area contributed by atoms with Crippen molar-refractivity contribution < 1.29 is 14.2 Å². The van der Waals surface area contributed by atoms with Crippen LogP contribution in [0.15, 0.2) is 42.5 Å². The number of hydrogen-bond donors (Lipinski definition) is 1. The van der Waals surface area contributed by atoms with Crippen LogP contribution in [0.4, 0.5) is 0 Å². The number of methoxy groups -OCH3 is 2. The van der Waals surface area contributed by atoms with Gasteiger partial charge in [-0.1, -0.05) is 19.1 Å². The molecule has 2 rings (SSSR count). The van der Waals surface area contributed by atoms with E-state index in [1.807, 2.05) is 31.2 Å². The Bertz CT molecular complexity index is 625. The molecule has 0 amide bonds. The van der Waals surface area contributed by atoms with Crippen LogP contribution in [0, 0.1) is 0 Å². The maximum atomic E-state index is 5.59. The first kappa shape index (κ1) is 18.1. The van der Waals surface area contributed by atoms with Crippen LogP contribution in [0.25, 0.3) is 0 Å². The van der Waals surface area contributed by atoms with Crippen molar-refractivity contribution >= 4 is 0 Å². The number of rotatable bonds is 9. The van der Waals surface area contributed by atoms with Gasteiger partial charge in [-0.05, 0) is 49.7 Å². The van der Waals surface area contributed by atoms with Gasteiger partial charge in [0, 0.05) is 11.6 Å². The fraction of sp³-hybridized carbons (Fsp3) is 0.400. The third kappa shape index (κ3) is 4.42. The van der Waals surface area contributed by atoms with E-state index in [0.29, 0.717) is 6.61 Å². The van der Waals surface area contributed by atoms with Gasteiger partial charge in [-0.2, -0.15) is 0 Å². The SMILES string of the molecule is CCCNC(c1ccc(OCC)cc1)c1ccc(OC)cc1OC. The highest BCUT2D eigenvalue weighted by molar-refractivity contribution is 5.46. The summed E-state index contributed by atoms with van der Waals surface area (Å²) in [4.78, 5) is 0. The zero-order chi connectivity index (χ0) is 17.4. The van der Waals surface area contributed by atoms with Crippen LogP contribution in [-0.2, 0) is 0 Å². The van der Waals surface area contributed by atoms with Crippen LogP contribution in [0.3, 0.4) is 0 Å². The summed E-state index contributed by atoms with van der Waals surface area (Å²) in [5, 5.41) is 3.60. The maximum absolute atomic E-state index is 5.59. The highest BCUT2D eigenvalue weighted by atomic mass is 16.5. The van der Waals surface area contributed by atoms with Crippen molar-refractivity contribution in [1.82, 2.24) is 5.32 Å². The lowest BCUT2D eigenvalue weighted by Gasteiger charge is -2.22. The molecule has 0 saturated heterocycles. The van der Waals surface area contributed by atoms with E-state index < -0.39 is 0 Å². The first-order chi connectivity index (χ1) is 11.7. The molecule has 0 saturated carbocycles. The summed E-state index contributed by atoms with van der Waals surface area (Å²) in [6.45, 7) is 5.74. The Morgan fingerprint density at radius 1 is 0.917 bits per heavy atom. The third-order valence-electron chi connectivity index (χ3n) is 3.87. The molecular weight excluding hydrogens is 302 g/mol. The van der Waals surface area contributed by atoms with Crippen LogP contribution in [0.5, 0.6) is 17.2 Å². The Balaban J connectivity index is 2.37. The van der Waals surface area contributed by atoms with Gasteiger partial charge in [0.05, 0.1) is 26.9 Å². The molecule has 0 aromatic heterocycles. The first-order valence-corrected chi connectivity index (χ1v) is 8.41. The topological polar surface area (TPSA) is 39.7 Å². The van der Waals surface area contributed by atoms with Gasteiger partial charge in [-0.25, -0.2) is 0 Å². The molecule has 0 aliphatic rings. The standard InChI is InChI=1S/C20H27NO3/c1-5-13-21-20(15-7-9-16(10-8-15)24-6-2)18-12-11-17(22-3)14-19(18)23-4/h7-12,14,20-21H,5-6,13H2,1-4H3. The number of hydrogen-bond acceptors (Lipinski definition) is 4. The van der Waals surface area contributed by atoms with Gasteiger partial charge < -0.3 is 19.5 Å². The molecule has 0 aliphatic heterocycles. The molecule has 1 atom stereocenters. The van der Waals surface area contributed by atoms with Crippen molar-refractivity contribution in [3.8, 4) is 17.2 Å². The van der Waals surface area contributed by atoms with E-state index in [0.717, 1.165) is 35.8 Å². The second-order valence-corrected chi connectivity index (χ2v) is 5.50. The molecule has 0 fully saturated rings. The summed E-state index contributed by atoms with van der Waals surface area (Å²) in [7, 11) is 3.35. The molecule has 0 radical (unpaired) electrons. The minimum atomic E-state index is 0.0569. The van der Waals surface area contributed by atoms with Crippen molar-refractivity contribution in [1.29, 1.82) is 0 Å². The monoisotopic (exact) mass is 329 g/mol. The van der Waals surface area contributed by atoms with Gasteiger partial charge in [0.25, 0.3) is 0 Å². The number of benzene rings is 2. The Morgan fingerprint density at radius 2 is 1.62 bits per heavy atom. The maximum Gasteiger partial charge on any atom is 0.127 e. The minimum absolute atomic E-state index is 0.0569. The lowest BCUT2D eigenvalue weighted by Crippen LogP contribution is -2.23. The summed E-state index contributed by atoms with van der Waals surface area (Å²) in [6.07, 6.45) is 1.06. The van der Waals surface area contributed by atoms with Crippen molar-refractivity contribution in [2.24, 2.45) is 0 Å². The van der Waals surface area contributed by atoms with Crippen molar-refractivity contribution in [3.05, 3.63) is 53.6 Å². The fourth-order valence-corrected chi connectivity index (χ4v) is 2.68. The molecule has 1 N–H and O–H groups in total. The normalized spacial score (nSPS) is 11.8. The van der Waals surface area contributed by atoms with E-state index in [2.05, 4.69) is 30.4 Å². The van der Waals surface area contributed by atoms with Gasteiger partial charge in [-0.15, -0.1) is 0 Å². The molecular formula is C20H27NO3. The lowest BCUT2D eigenvalue weighted by atomic mass is 9.97. The van der Waals surface area contributed by atoms with Crippen molar-refractivity contribution in [2.45, 2.75) is 26.3 Å². The van der Waals surface area contributed by atoms with E-state index in [1.165, 1.54) is 5.56 Å². The van der Waals surface area contributed by atoms with E-state index >= 15 is 0 Å². The van der Waals surface area contributed by atoms with Crippen LogP contribution < -0.4 is 19.5 Å². The van der Waals surface area contributed by atoms with E-state index in [4.69, 9.17) is 14.2 Å². The lowest BCUT2D eigenvalue weighted by molar-refractivity contribution is 0.340. The molecule has 24 heavy (non-hydrogen) atoms. The van der Waals surface area contributed by atoms with E-state index in [1.54, 1.807) is 14.2 Å². The number of nitrogens with one attached hydrogen (secondary N) is 1. The second kappa shape index (κ2) is 9.18. The molecule has 0 bridgehead atoms. The Morgan fingerprint density at radius 3 is 2.21 bits per heavy atom. The molecule has 0 spiro atoms. The Labute approximate surface area is 144 Å². The minimum Gasteiger partial charge on any atom is -0.497 e. The largest absolute Gasteiger partial charge is 0.497 e. The van der Waals surface area contributed by atoms with Crippen LogP contribution in [0.2, 0.25) is 0 Å². The van der Waals surface area contributed by atoms with Crippen LogP contribution in [-0.4, -0.2) is 27.4 Å². The van der Waals surface area contributed by atoms with E-state index in [-0.39, 0.29) is 6.04 Å². The van der Waals surface area contributed by atoms with Crippen molar-refractivity contribution in [3.63, 3.8) is 0 Å². The average Bonchev–Trinajstić information content (AvgIpc) is 2.63. The smallest absolute Gasteiger partial charge is 0.127 e. The average molecular weight is 329 g/mol. The summed E-state index contributed by atoms with van der Waals surface area (Å²) < 4.78 is 16.4. The van der Waals surface area contributed by atoms with Crippen molar-refractivity contribution in [2.75, 3.05) is 27.4 Å². The molecule has 2 aromatic carbocycles. The second-order valence-electron chi connectivity index (χ2n) is 5.50. The summed E-state index contributed by atoms with van der Waals surface area (Å²) in [5.74, 6) is 2.49. The fourth-order valence-electron chi connectivity index (χ4n) is 2.68. The molecule has 0 aliphatic carbocycles. The van der Waals surface area contributed by atoms with Gasteiger partial charge in [0.1, 0.15) is 17.2 Å². The van der Waals surface area contributed by atoms with Crippen LogP contribution >= 0.6 is 0 Å². The summed E-state index contributed by atoms with van der Waals surface area (Å²) in [6, 6.07) is 14.2. The predicted octanol–water partition coefficient (Wildman–Crippen LogP) is 4.19. The van der Waals surface area contributed by atoms with Gasteiger partial charge in [0.2, 0.25) is 0 Å². The van der Waals surface area contributed by atoms with Gasteiger partial charge >= 0.3 is 0 Å². The highest BCUT2D eigenvalue weighted by Gasteiger charge is 2.18. The summed E-state index contributed by atoms with van der Waals surface area (Å²) in [5.41, 5.74) is 2.27. The molecule has 0 heterocycles. The molecule has 4 nitrogen and oxygen atoms in total. The predicted molar refractivity (Wildman–Crippen MR) is 97.3 cm³/mol. The molecule has 4 heteroatoms. The third-order valence-corrected chi connectivity index (χ3v) is 3.87. The van der Waals surface area contributed by atoms with Gasteiger partial charge in [0.15, 0.2) is 0 Å². The van der Waals surface area contributed by atoms with E-state index in [9.17, 15) is 0 Å². The molecule has 2 aromatic rings. The zero-order valence-corrected chi connectivity index (χ0v) is 15.0. The molecule has 130 valence electrons. The Hall–Kier alpha value is -2.20. The first-order valence-electron chi connectivity index (χ1n) is 8.41. The van der Waals surface area contributed by atoms with Gasteiger partial charge in [-0.3, -0.25) is 0 Å². The van der Waals surface area contributed by atoms with Crippen LogP contribution in [0.1, 0.15) is 37.4 Å². The quantitative estimate of drug-likeness (QED) is 0.749. The number of ether oxygens (including phenoxy) is 3. The summed E-state index contributed by atoms with van der Waals surface area (Å²) >= 11 is 0. The highest BCUT2D eigenvalue weighted by Crippen LogP contribution is 2.33.